The summed E-state index contributed by atoms with van der Waals surface area (Å²) in [6.45, 7) is 6.58. The number of aryl methyl sites for hydroxylation is 3. The van der Waals surface area contributed by atoms with Gasteiger partial charge < -0.3 is 12.4 Å². The predicted octanol–water partition coefficient (Wildman–Crippen LogP) is 2.34. The molecule has 1 nitrogen and oxygen atoms in total. The SMILES string of the molecule is Cc1cc(C)c2cc3c(C)cc(=[N+](C)C)cc-3sc2c1.[Cl-].[Cl][Zn][Cl]. The molecule has 2 aliphatic rings. The molecule has 0 aromatic heterocycles. The summed E-state index contributed by atoms with van der Waals surface area (Å²) in [7, 11) is 14.1. The molecule has 6 heteroatoms. The fraction of sp³-hybridized carbons (Fsp3) is 0.278. The van der Waals surface area contributed by atoms with Crippen molar-refractivity contribution in [1.29, 1.82) is 0 Å². The normalized spacial score (nSPS) is 9.79. The fourth-order valence-electron chi connectivity index (χ4n) is 2.75. The molecule has 0 saturated carbocycles. The van der Waals surface area contributed by atoms with E-state index < -0.39 is 15.1 Å². The van der Waals surface area contributed by atoms with Crippen LogP contribution in [0.4, 0.5) is 0 Å². The topological polar surface area (TPSA) is 3.01 Å². The summed E-state index contributed by atoms with van der Waals surface area (Å²) in [6.07, 6.45) is 0. The third kappa shape index (κ3) is 4.93. The fourth-order valence-corrected chi connectivity index (χ4v) is 4.07. The van der Waals surface area contributed by atoms with Gasteiger partial charge in [-0.15, -0.1) is 11.3 Å². The first-order chi connectivity index (χ1) is 10.9. The van der Waals surface area contributed by atoms with Crippen molar-refractivity contribution in [2.45, 2.75) is 20.8 Å². The number of hydrogen-bond donors (Lipinski definition) is 0. The van der Waals surface area contributed by atoms with Crippen molar-refractivity contribution in [3.05, 3.63) is 52.4 Å². The Morgan fingerprint density at radius 2 is 1.54 bits per heavy atom. The molecule has 0 fully saturated rings. The van der Waals surface area contributed by atoms with Crippen LogP contribution >= 0.6 is 30.7 Å². The molecule has 1 aromatic rings. The quantitative estimate of drug-likeness (QED) is 0.279. The minimum absolute atomic E-state index is 0. The molecule has 0 radical (unpaired) electrons. The minimum atomic E-state index is -0.931. The molecular formula is C18H20Cl3NSZn. The molecular weight excluding hydrogens is 434 g/mol. The zero-order valence-corrected chi connectivity index (χ0v) is 20.6. The van der Waals surface area contributed by atoms with Gasteiger partial charge in [0.15, 0.2) is 0 Å². The molecule has 1 aliphatic carbocycles. The van der Waals surface area contributed by atoms with Crippen LogP contribution in [-0.4, -0.2) is 14.1 Å². The van der Waals surface area contributed by atoms with E-state index in [4.69, 9.17) is 19.4 Å². The van der Waals surface area contributed by atoms with Crippen molar-refractivity contribution in [1.82, 2.24) is 4.58 Å². The van der Waals surface area contributed by atoms with Crippen molar-refractivity contribution in [3.63, 3.8) is 0 Å². The van der Waals surface area contributed by atoms with Gasteiger partial charge in [0.05, 0.1) is 0 Å². The summed E-state index contributed by atoms with van der Waals surface area (Å²) in [6, 6.07) is 11.5. The van der Waals surface area contributed by atoms with Gasteiger partial charge in [-0.05, 0) is 60.5 Å². The molecule has 0 amide bonds. The average Bonchev–Trinajstić information content (AvgIpc) is 2.46. The van der Waals surface area contributed by atoms with E-state index >= 15 is 0 Å². The zero-order valence-electron chi connectivity index (χ0n) is 14.6. The van der Waals surface area contributed by atoms with Gasteiger partial charge in [0.25, 0.3) is 0 Å². The Balaban J connectivity index is 0.000000671. The molecule has 126 valence electrons. The number of fused-ring (bicyclic) bond motifs is 2. The van der Waals surface area contributed by atoms with Crippen LogP contribution in [0.2, 0.25) is 0 Å². The standard InChI is InChI=1S/C18H20NS.3ClH.Zn/c1-11-6-12(2)15-10-16-13(3)8-14(19(4)5)9-18(16)20-17(15)7-11;;;;/h6-10H,1-5H3;3*1H;/q+1;;;;+2/p-3. The Bertz CT molecular complexity index is 885. The third-order valence-electron chi connectivity index (χ3n) is 3.85. The summed E-state index contributed by atoms with van der Waals surface area (Å²) in [5.74, 6) is 0. The molecule has 0 spiro atoms. The Morgan fingerprint density at radius 3 is 2.12 bits per heavy atom. The molecule has 0 unspecified atom stereocenters. The van der Waals surface area contributed by atoms with Crippen LogP contribution < -0.4 is 22.3 Å². The van der Waals surface area contributed by atoms with Crippen molar-refractivity contribution in [2.75, 3.05) is 14.1 Å². The van der Waals surface area contributed by atoms with Crippen molar-refractivity contribution >= 4 is 40.8 Å². The van der Waals surface area contributed by atoms with Gasteiger partial charge in [0, 0.05) is 21.7 Å². The molecule has 0 N–H and O–H groups in total. The Hall–Kier alpha value is -0.177. The second-order valence-electron chi connectivity index (χ2n) is 5.91. The van der Waals surface area contributed by atoms with Crippen LogP contribution in [0.5, 0.6) is 0 Å². The number of hydrogen-bond acceptors (Lipinski definition) is 1. The number of halogens is 3. The summed E-state index contributed by atoms with van der Waals surface area (Å²) >= 11 is 0.968. The Kier molecular flexibility index (Phi) is 8.66. The van der Waals surface area contributed by atoms with Crippen molar-refractivity contribution in [3.8, 4) is 10.4 Å². The number of rotatable bonds is 0. The summed E-state index contributed by atoms with van der Waals surface area (Å²) in [5, 5.41) is 2.66. The molecule has 1 heterocycles. The van der Waals surface area contributed by atoms with Crippen LogP contribution in [0.3, 0.4) is 0 Å². The average molecular weight is 454 g/mol. The summed E-state index contributed by atoms with van der Waals surface area (Å²) in [5.41, 5.74) is 5.43. The van der Waals surface area contributed by atoms with E-state index in [-0.39, 0.29) is 12.4 Å². The first-order valence-corrected chi connectivity index (χ1v) is 16.1. The first-order valence-electron chi connectivity index (χ1n) is 7.45. The van der Waals surface area contributed by atoms with E-state index in [1.807, 2.05) is 11.3 Å². The molecule has 1 aliphatic heterocycles. The molecule has 0 atom stereocenters. The summed E-state index contributed by atoms with van der Waals surface area (Å²) in [4.78, 5) is 1.37. The molecule has 0 bridgehead atoms. The Labute approximate surface area is 169 Å². The second kappa shape index (κ2) is 9.50. The van der Waals surface area contributed by atoms with Crippen molar-refractivity contribution in [2.24, 2.45) is 0 Å². The third-order valence-corrected chi connectivity index (χ3v) is 4.97. The maximum absolute atomic E-state index is 4.95. The van der Waals surface area contributed by atoms with Crippen LogP contribution in [0.1, 0.15) is 16.7 Å². The molecule has 3 rings (SSSR count). The van der Waals surface area contributed by atoms with Gasteiger partial charge in [-0.1, -0.05) is 6.07 Å². The van der Waals surface area contributed by atoms with E-state index in [1.54, 1.807) is 0 Å². The van der Waals surface area contributed by atoms with Gasteiger partial charge in [-0.25, -0.2) is 4.58 Å². The van der Waals surface area contributed by atoms with Crippen LogP contribution in [-0.2, 0) is 15.1 Å². The van der Waals surface area contributed by atoms with Crippen LogP contribution in [0, 0.1) is 20.8 Å². The maximum atomic E-state index is 4.95. The molecule has 24 heavy (non-hydrogen) atoms. The Morgan fingerprint density at radius 1 is 0.917 bits per heavy atom. The van der Waals surface area contributed by atoms with Crippen molar-refractivity contribution < 1.29 is 27.6 Å². The number of nitrogens with zero attached hydrogens (tertiary/aromatic N) is 1. The zero-order chi connectivity index (χ0) is 17.1. The summed E-state index contributed by atoms with van der Waals surface area (Å²) < 4.78 is 3.55. The van der Waals surface area contributed by atoms with Gasteiger partial charge >= 0.3 is 34.5 Å². The van der Waals surface area contributed by atoms with Gasteiger partial charge in [-0.3, -0.25) is 0 Å². The number of benzene rings is 2. The van der Waals surface area contributed by atoms with Gasteiger partial charge in [0.1, 0.15) is 14.1 Å². The van der Waals surface area contributed by atoms with E-state index in [2.05, 4.69) is 69.8 Å². The van der Waals surface area contributed by atoms with Gasteiger partial charge in [0.2, 0.25) is 5.36 Å². The first kappa shape index (κ1) is 21.9. The van der Waals surface area contributed by atoms with E-state index in [0.29, 0.717) is 0 Å². The predicted molar refractivity (Wildman–Crippen MR) is 101 cm³/mol. The van der Waals surface area contributed by atoms with E-state index in [0.717, 1.165) is 0 Å². The van der Waals surface area contributed by atoms with Crippen LogP contribution in [0.25, 0.3) is 20.5 Å². The van der Waals surface area contributed by atoms with E-state index in [1.165, 1.54) is 42.6 Å². The van der Waals surface area contributed by atoms with E-state index in [9.17, 15) is 0 Å². The second-order valence-corrected chi connectivity index (χ2v) is 11.6. The molecule has 1 aromatic carbocycles. The van der Waals surface area contributed by atoms with Gasteiger partial charge in [-0.2, -0.15) is 0 Å². The van der Waals surface area contributed by atoms with Crippen LogP contribution in [0.15, 0.2) is 30.3 Å². The molecule has 0 saturated heterocycles. The monoisotopic (exact) mass is 451 g/mol.